The van der Waals surface area contributed by atoms with E-state index in [-0.39, 0.29) is 17.1 Å². The van der Waals surface area contributed by atoms with Crippen LogP contribution in [0, 0.1) is 12.7 Å². The number of piperidine rings is 1. The first-order valence-corrected chi connectivity index (χ1v) is 11.9. The fourth-order valence-electron chi connectivity index (χ4n) is 5.53. The van der Waals surface area contributed by atoms with E-state index in [9.17, 15) is 9.18 Å². The van der Waals surface area contributed by atoms with Gasteiger partial charge in [0.2, 0.25) is 5.91 Å². The molecule has 170 valence electrons. The molecule has 1 amide bonds. The van der Waals surface area contributed by atoms with Crippen molar-refractivity contribution in [2.24, 2.45) is 0 Å². The molecule has 1 spiro atoms. The largest absolute Gasteiger partial charge is 0.311 e. The predicted octanol–water partition coefficient (Wildman–Crippen LogP) is 5.65. The van der Waals surface area contributed by atoms with Crippen molar-refractivity contribution in [1.82, 2.24) is 4.90 Å². The van der Waals surface area contributed by atoms with Gasteiger partial charge in [-0.25, -0.2) is 4.39 Å². The van der Waals surface area contributed by atoms with Gasteiger partial charge in [-0.3, -0.25) is 9.69 Å². The number of halogens is 1. The Balaban J connectivity index is 1.30. The molecule has 5 rings (SSSR count). The minimum absolute atomic E-state index is 0.130. The zero-order valence-corrected chi connectivity index (χ0v) is 19.3. The second-order valence-corrected chi connectivity index (χ2v) is 9.67. The van der Waals surface area contributed by atoms with Gasteiger partial charge in [-0.05, 0) is 74.2 Å². The summed E-state index contributed by atoms with van der Waals surface area (Å²) >= 11 is 0. The first-order valence-electron chi connectivity index (χ1n) is 11.9. The van der Waals surface area contributed by atoms with Gasteiger partial charge in [-0.1, -0.05) is 60.2 Å². The van der Waals surface area contributed by atoms with Crippen LogP contribution >= 0.6 is 0 Å². The average molecular weight is 443 g/mol. The monoisotopic (exact) mass is 442 g/mol. The van der Waals surface area contributed by atoms with Gasteiger partial charge in [0.1, 0.15) is 5.82 Å². The molecular weight excluding hydrogens is 411 g/mol. The van der Waals surface area contributed by atoms with E-state index in [1.807, 2.05) is 23.1 Å². The highest BCUT2D eigenvalue weighted by Gasteiger charge is 2.46. The van der Waals surface area contributed by atoms with Crippen molar-refractivity contribution in [1.29, 1.82) is 0 Å². The van der Waals surface area contributed by atoms with Crippen molar-refractivity contribution in [3.8, 4) is 0 Å². The lowest BCUT2D eigenvalue weighted by atomic mass is 9.74. The van der Waals surface area contributed by atoms with Crippen molar-refractivity contribution in [3.63, 3.8) is 0 Å². The summed E-state index contributed by atoms with van der Waals surface area (Å²) < 4.78 is 14.3. The van der Waals surface area contributed by atoms with E-state index in [2.05, 4.69) is 48.2 Å². The maximum absolute atomic E-state index is 14.3. The number of amides is 1. The molecule has 0 saturated carbocycles. The van der Waals surface area contributed by atoms with E-state index in [1.165, 1.54) is 22.8 Å². The first kappa shape index (κ1) is 21.8. The molecule has 0 N–H and O–H groups in total. The summed E-state index contributed by atoms with van der Waals surface area (Å²) in [4.78, 5) is 17.7. The summed E-state index contributed by atoms with van der Waals surface area (Å²) in [5.74, 6) is -0.0836. The van der Waals surface area contributed by atoms with Gasteiger partial charge >= 0.3 is 0 Å². The number of anilines is 1. The van der Waals surface area contributed by atoms with Crippen molar-refractivity contribution in [3.05, 3.63) is 101 Å². The van der Waals surface area contributed by atoms with Crippen LogP contribution in [0.1, 0.15) is 41.5 Å². The van der Waals surface area contributed by atoms with E-state index in [0.717, 1.165) is 50.1 Å². The lowest BCUT2D eigenvalue weighted by molar-refractivity contribution is -0.118. The number of nitrogens with zero attached hydrogens (tertiary/aromatic N) is 2. The summed E-state index contributed by atoms with van der Waals surface area (Å²) in [6.07, 6.45) is 3.08. The minimum atomic E-state index is -0.214. The average Bonchev–Trinajstić information content (AvgIpc) is 3.13. The highest BCUT2D eigenvalue weighted by molar-refractivity contribution is 5.96. The molecule has 4 heteroatoms. The van der Waals surface area contributed by atoms with E-state index in [1.54, 1.807) is 12.1 Å². The number of hydrogen-bond acceptors (Lipinski definition) is 2. The van der Waals surface area contributed by atoms with E-state index < -0.39 is 0 Å². The Morgan fingerprint density at radius 3 is 2.45 bits per heavy atom. The number of benzene rings is 3. The minimum Gasteiger partial charge on any atom is -0.311 e. The molecule has 0 aromatic heterocycles. The number of hydrogen-bond donors (Lipinski definition) is 0. The molecule has 0 atom stereocenters. The number of carbonyl (C=O) groups excluding carboxylic acids is 1. The second-order valence-electron chi connectivity index (χ2n) is 9.67. The maximum atomic E-state index is 14.3. The molecule has 0 bridgehead atoms. The zero-order valence-electron chi connectivity index (χ0n) is 19.3. The van der Waals surface area contributed by atoms with Crippen LogP contribution in [-0.2, 0) is 23.2 Å². The van der Waals surface area contributed by atoms with Gasteiger partial charge in [0.05, 0.1) is 0 Å². The Hall–Kier alpha value is -2.98. The van der Waals surface area contributed by atoms with Crippen molar-refractivity contribution in [2.45, 2.75) is 44.6 Å². The molecule has 1 fully saturated rings. The number of rotatable bonds is 5. The number of carbonyl (C=O) groups is 1. The highest BCUT2D eigenvalue weighted by atomic mass is 19.1. The van der Waals surface area contributed by atoms with Crippen molar-refractivity contribution < 1.29 is 9.18 Å². The van der Waals surface area contributed by atoms with Crippen LogP contribution in [0.25, 0.3) is 0 Å². The van der Waals surface area contributed by atoms with E-state index in [0.29, 0.717) is 13.0 Å². The molecule has 2 heterocycles. The van der Waals surface area contributed by atoms with Gasteiger partial charge in [0, 0.05) is 30.6 Å². The normalized spacial score (nSPS) is 17.3. The summed E-state index contributed by atoms with van der Waals surface area (Å²) in [7, 11) is 0. The van der Waals surface area contributed by atoms with Gasteiger partial charge < -0.3 is 4.90 Å². The van der Waals surface area contributed by atoms with Crippen LogP contribution in [0.15, 0.2) is 72.8 Å². The summed E-state index contributed by atoms with van der Waals surface area (Å²) in [5, 5.41) is 0. The SMILES string of the molecule is Cc1cccc(CN2CCC3(CC2)CN(C(=O)CCc2ccccc2)c2ccc(F)cc23)c1. The third-order valence-corrected chi connectivity index (χ3v) is 7.35. The number of likely N-dealkylation sites (tertiary alicyclic amines) is 1. The van der Waals surface area contributed by atoms with Crippen LogP contribution in [0.2, 0.25) is 0 Å². The van der Waals surface area contributed by atoms with Crippen LogP contribution < -0.4 is 4.90 Å². The quantitative estimate of drug-likeness (QED) is 0.510. The predicted molar refractivity (Wildman–Crippen MR) is 131 cm³/mol. The number of aryl methyl sites for hydroxylation is 2. The Morgan fingerprint density at radius 1 is 0.939 bits per heavy atom. The summed E-state index contributed by atoms with van der Waals surface area (Å²) in [6.45, 7) is 5.64. The van der Waals surface area contributed by atoms with Gasteiger partial charge in [-0.2, -0.15) is 0 Å². The smallest absolute Gasteiger partial charge is 0.227 e. The summed E-state index contributed by atoms with van der Waals surface area (Å²) in [5.41, 5.74) is 5.56. The van der Waals surface area contributed by atoms with E-state index >= 15 is 0 Å². The molecule has 3 nitrogen and oxygen atoms in total. The molecule has 3 aromatic carbocycles. The molecule has 33 heavy (non-hydrogen) atoms. The molecular formula is C29H31FN2O. The Kier molecular flexibility index (Phi) is 6.03. The molecule has 2 aliphatic heterocycles. The van der Waals surface area contributed by atoms with Crippen LogP contribution in [0.5, 0.6) is 0 Å². The Bertz CT molecular complexity index is 1140. The van der Waals surface area contributed by atoms with Crippen LogP contribution in [-0.4, -0.2) is 30.4 Å². The molecule has 2 aliphatic rings. The topological polar surface area (TPSA) is 23.6 Å². The van der Waals surface area contributed by atoms with Crippen LogP contribution in [0.4, 0.5) is 10.1 Å². The fraction of sp³-hybridized carbons (Fsp3) is 0.345. The Labute approximate surface area is 195 Å². The van der Waals surface area contributed by atoms with E-state index in [4.69, 9.17) is 0 Å². The van der Waals surface area contributed by atoms with Gasteiger partial charge in [0.15, 0.2) is 0 Å². The third kappa shape index (κ3) is 4.58. The first-order chi connectivity index (χ1) is 16.0. The molecule has 3 aromatic rings. The molecule has 0 radical (unpaired) electrons. The second kappa shape index (κ2) is 9.11. The van der Waals surface area contributed by atoms with Crippen molar-refractivity contribution in [2.75, 3.05) is 24.5 Å². The molecule has 1 saturated heterocycles. The molecule has 0 aliphatic carbocycles. The maximum Gasteiger partial charge on any atom is 0.227 e. The number of fused-ring (bicyclic) bond motifs is 2. The lowest BCUT2D eigenvalue weighted by Crippen LogP contribution is -2.45. The van der Waals surface area contributed by atoms with Gasteiger partial charge in [-0.15, -0.1) is 0 Å². The van der Waals surface area contributed by atoms with Crippen LogP contribution in [0.3, 0.4) is 0 Å². The zero-order chi connectivity index (χ0) is 22.8. The fourth-order valence-corrected chi connectivity index (χ4v) is 5.53. The van der Waals surface area contributed by atoms with Crippen molar-refractivity contribution >= 4 is 11.6 Å². The standard InChI is InChI=1S/C29H31FN2O/c1-22-6-5-9-24(18-22)20-31-16-14-29(15-17-31)21-32(27-12-11-25(30)19-26(27)29)28(33)13-10-23-7-3-2-4-8-23/h2-9,11-12,18-19H,10,13-17,20-21H2,1H3. The highest BCUT2D eigenvalue weighted by Crippen LogP contribution is 2.47. The Morgan fingerprint density at radius 2 is 1.70 bits per heavy atom. The molecule has 0 unspecified atom stereocenters. The third-order valence-electron chi connectivity index (χ3n) is 7.35. The van der Waals surface area contributed by atoms with Gasteiger partial charge in [0.25, 0.3) is 0 Å². The lowest BCUT2D eigenvalue weighted by Gasteiger charge is -2.40. The summed E-state index contributed by atoms with van der Waals surface area (Å²) in [6, 6.07) is 23.8.